The van der Waals surface area contributed by atoms with Crippen molar-refractivity contribution in [1.29, 1.82) is 0 Å². The Labute approximate surface area is 260 Å². The molecule has 4 nitrogen and oxygen atoms in total. The van der Waals surface area contributed by atoms with Gasteiger partial charge < -0.3 is 14.2 Å². The molecule has 0 heterocycles. The summed E-state index contributed by atoms with van der Waals surface area (Å²) < 4.78 is 57.8. The van der Waals surface area contributed by atoms with E-state index in [2.05, 4.69) is 88.4 Å². The minimum atomic E-state index is -2.37. The number of carbonyl (C=O) groups excluding carboxylic acids is 1. The van der Waals surface area contributed by atoms with E-state index in [1.807, 2.05) is 0 Å². The van der Waals surface area contributed by atoms with Gasteiger partial charge in [0.25, 0.3) is 0 Å². The first-order valence-corrected chi connectivity index (χ1v) is 20.1. The third-order valence-electron chi connectivity index (χ3n) is 9.30. The van der Waals surface area contributed by atoms with Gasteiger partial charge in [0.1, 0.15) is 5.82 Å². The van der Waals surface area contributed by atoms with Crippen LogP contribution in [0, 0.1) is 17.5 Å². The van der Waals surface area contributed by atoms with Crippen molar-refractivity contribution in [3.05, 3.63) is 58.9 Å². The lowest BCUT2D eigenvalue weighted by molar-refractivity contribution is 0.0908. The Morgan fingerprint density at radius 3 is 1.65 bits per heavy atom. The summed E-state index contributed by atoms with van der Waals surface area (Å²) in [6.07, 6.45) is 0.528. The molecular formula is C34H54F3NO3Si2. The van der Waals surface area contributed by atoms with Crippen LogP contribution in [-0.2, 0) is 15.3 Å². The lowest BCUT2D eigenvalue weighted by atomic mass is 10.1. The van der Waals surface area contributed by atoms with E-state index in [4.69, 9.17) is 8.85 Å². The van der Waals surface area contributed by atoms with Gasteiger partial charge >= 0.3 is 0 Å². The number of benzene rings is 2. The highest BCUT2D eigenvalue weighted by atomic mass is 28.4. The largest absolute Gasteiger partial charge is 0.416 e. The van der Waals surface area contributed by atoms with Crippen molar-refractivity contribution >= 4 is 33.8 Å². The Bertz CT molecular complexity index is 1190. The van der Waals surface area contributed by atoms with E-state index in [9.17, 15) is 9.18 Å². The Morgan fingerprint density at radius 1 is 0.698 bits per heavy atom. The molecule has 0 unspecified atom stereocenters. The van der Waals surface area contributed by atoms with Crippen molar-refractivity contribution in [3.63, 3.8) is 0 Å². The van der Waals surface area contributed by atoms with Gasteiger partial charge in [-0.25, -0.2) is 13.2 Å². The lowest BCUT2D eigenvalue weighted by Gasteiger charge is -2.42. The molecule has 2 rings (SSSR count). The second kappa shape index (κ2) is 15.4. The van der Waals surface area contributed by atoms with Crippen LogP contribution >= 0.6 is 0 Å². The lowest BCUT2D eigenvalue weighted by Crippen LogP contribution is -2.48. The normalized spacial score (nSPS) is 13.0. The first kappa shape index (κ1) is 37.2. The molecule has 43 heavy (non-hydrogen) atoms. The van der Waals surface area contributed by atoms with Gasteiger partial charge in [0, 0.05) is 12.2 Å². The minimum Gasteiger partial charge on any atom is -0.416 e. The topological polar surface area (TPSA) is 47.6 Å². The number of hydrogen-bond acceptors (Lipinski definition) is 4. The molecule has 0 saturated heterocycles. The maximum Gasteiger partial charge on any atom is 0.201 e. The van der Waals surface area contributed by atoms with Crippen LogP contribution in [0.4, 0.5) is 24.5 Å². The number of Topliss-reactive ketones (excluding diaryl/α,β-unsaturated/α-hetero) is 1. The summed E-state index contributed by atoms with van der Waals surface area (Å²) >= 11 is 0. The number of carbonyl (C=O) groups is 1. The smallest absolute Gasteiger partial charge is 0.201 e. The van der Waals surface area contributed by atoms with E-state index >= 15 is 8.78 Å². The number of hydrogen-bond donors (Lipinski definition) is 1. The average molecular weight is 638 g/mol. The van der Waals surface area contributed by atoms with Gasteiger partial charge in [-0.15, -0.1) is 0 Å². The number of halogens is 3. The third-order valence-corrected chi connectivity index (χ3v) is 21.5. The van der Waals surface area contributed by atoms with Crippen LogP contribution in [0.2, 0.25) is 33.2 Å². The van der Waals surface area contributed by atoms with E-state index in [1.165, 1.54) is 18.2 Å². The molecule has 0 aromatic heterocycles. The van der Waals surface area contributed by atoms with E-state index in [-0.39, 0.29) is 34.5 Å². The molecule has 0 aliphatic heterocycles. The number of rotatable bonds is 16. The number of nitrogens with one attached hydrogen (secondary N) is 1. The molecule has 242 valence electrons. The van der Waals surface area contributed by atoms with Crippen molar-refractivity contribution < 1.29 is 26.8 Å². The monoisotopic (exact) mass is 637 g/mol. The van der Waals surface area contributed by atoms with Crippen LogP contribution in [0.15, 0.2) is 30.3 Å². The maximum absolute atomic E-state index is 15.3. The molecule has 0 fully saturated rings. The minimum absolute atomic E-state index is 0.0466. The predicted molar refractivity (Wildman–Crippen MR) is 178 cm³/mol. The summed E-state index contributed by atoms with van der Waals surface area (Å²) in [5.41, 5.74) is 2.31. The van der Waals surface area contributed by atoms with Crippen molar-refractivity contribution in [1.82, 2.24) is 0 Å². The summed E-state index contributed by atoms with van der Waals surface area (Å²) in [6.45, 7) is 26.2. The fourth-order valence-corrected chi connectivity index (χ4v) is 18.3. The van der Waals surface area contributed by atoms with E-state index in [1.54, 1.807) is 6.07 Å². The summed E-state index contributed by atoms with van der Waals surface area (Å²) in [4.78, 5) is 13.4. The van der Waals surface area contributed by atoms with E-state index < -0.39 is 45.6 Å². The molecule has 2 aromatic carbocycles. The molecule has 0 radical (unpaired) electrons. The summed E-state index contributed by atoms with van der Waals surface area (Å²) in [7, 11) is -4.42. The second-order valence-corrected chi connectivity index (χ2v) is 24.6. The third kappa shape index (κ3) is 8.02. The van der Waals surface area contributed by atoms with Crippen LogP contribution < -0.4 is 5.32 Å². The highest BCUT2D eigenvalue weighted by Gasteiger charge is 2.46. The standard InChI is InChI=1S/C34H54F3NO3Si2/c1-21(2)42(22(3)4,23(5)6)40-18-17-27-13-16-31(30(36)19-27)38-34-28(14-15-29(35)33(34)37)32(39)20-41-43(24(7)8,25(9)10)26(11)12/h13-16,19,21-26,38H,17-18,20H2,1-12H3. The zero-order valence-electron chi connectivity index (χ0n) is 28.3. The fraction of sp³-hybridized carbons (Fsp3) is 0.618. The number of ketones is 1. The molecule has 1 N–H and O–H groups in total. The molecule has 0 amide bonds. The van der Waals surface area contributed by atoms with Crippen LogP contribution in [0.3, 0.4) is 0 Å². The summed E-state index contributed by atoms with van der Waals surface area (Å²) in [5, 5.41) is 2.67. The molecule has 0 saturated carbocycles. The van der Waals surface area contributed by atoms with Gasteiger partial charge in [-0.3, -0.25) is 4.79 Å². The molecule has 0 atom stereocenters. The Morgan fingerprint density at radius 2 is 1.19 bits per heavy atom. The zero-order chi connectivity index (χ0) is 32.9. The Hall–Kier alpha value is -1.95. The van der Waals surface area contributed by atoms with Gasteiger partial charge in [0.2, 0.25) is 8.32 Å². The van der Waals surface area contributed by atoms with Crippen molar-refractivity contribution in [2.75, 3.05) is 18.5 Å². The second-order valence-electron chi connectivity index (χ2n) is 13.7. The molecule has 0 aliphatic rings. The van der Waals surface area contributed by atoms with Gasteiger partial charge in [-0.1, -0.05) is 89.2 Å². The number of anilines is 2. The average Bonchev–Trinajstić information content (AvgIpc) is 2.89. The Kier molecular flexibility index (Phi) is 13.3. The highest BCUT2D eigenvalue weighted by Crippen LogP contribution is 2.43. The van der Waals surface area contributed by atoms with Gasteiger partial charge in [-0.05, 0) is 69.5 Å². The maximum atomic E-state index is 15.3. The van der Waals surface area contributed by atoms with E-state index in [0.29, 0.717) is 29.7 Å². The molecule has 0 spiro atoms. The van der Waals surface area contributed by atoms with Gasteiger partial charge in [0.05, 0.1) is 18.0 Å². The van der Waals surface area contributed by atoms with Crippen LogP contribution in [0.25, 0.3) is 0 Å². The molecule has 0 aliphatic carbocycles. The predicted octanol–water partition coefficient (Wildman–Crippen LogP) is 11.0. The highest BCUT2D eigenvalue weighted by molar-refractivity contribution is 6.78. The summed E-state index contributed by atoms with van der Waals surface area (Å²) in [5.74, 6) is -3.47. The first-order valence-electron chi connectivity index (χ1n) is 15.8. The van der Waals surface area contributed by atoms with Crippen LogP contribution in [0.5, 0.6) is 0 Å². The van der Waals surface area contributed by atoms with Crippen LogP contribution in [0.1, 0.15) is 99.0 Å². The van der Waals surface area contributed by atoms with Crippen LogP contribution in [-0.4, -0.2) is 35.6 Å². The van der Waals surface area contributed by atoms with Gasteiger partial charge in [0.15, 0.2) is 25.7 Å². The van der Waals surface area contributed by atoms with Gasteiger partial charge in [-0.2, -0.15) is 0 Å². The summed E-state index contributed by atoms with van der Waals surface area (Å²) in [6, 6.07) is 6.76. The Balaban J connectivity index is 2.29. The van der Waals surface area contributed by atoms with Crippen molar-refractivity contribution in [3.8, 4) is 0 Å². The zero-order valence-corrected chi connectivity index (χ0v) is 30.3. The molecule has 9 heteroatoms. The molecule has 2 aromatic rings. The fourth-order valence-electron chi connectivity index (χ4n) is 7.47. The van der Waals surface area contributed by atoms with E-state index in [0.717, 1.165) is 11.6 Å². The first-order chi connectivity index (χ1) is 19.9. The van der Waals surface area contributed by atoms with Crippen molar-refractivity contribution in [2.24, 2.45) is 0 Å². The SMILES string of the molecule is CC(C)[Si](OCCc1ccc(Nc2c(C(=O)CO[Si](C(C)C)(C(C)C)C(C)C)ccc(F)c2F)c(F)c1)(C(C)C)C(C)C. The quantitative estimate of drug-likeness (QED) is 0.147. The van der Waals surface area contributed by atoms with Crippen molar-refractivity contribution in [2.45, 2.75) is 123 Å². The molecular weight excluding hydrogens is 584 g/mol. The molecule has 0 bridgehead atoms.